The van der Waals surface area contributed by atoms with Crippen molar-refractivity contribution < 1.29 is 4.39 Å². The Hall–Kier alpha value is -1.68. The molecule has 0 amide bonds. The molecule has 0 aliphatic rings. The monoisotopic (exact) mass is 265 g/mol. The van der Waals surface area contributed by atoms with Crippen molar-refractivity contribution in [1.29, 1.82) is 0 Å². The van der Waals surface area contributed by atoms with Crippen molar-refractivity contribution in [3.05, 3.63) is 47.1 Å². The van der Waals surface area contributed by atoms with Gasteiger partial charge >= 0.3 is 0 Å². The second-order valence-corrected chi connectivity index (χ2v) is 4.54. The molecule has 1 N–H and O–H groups in total. The summed E-state index contributed by atoms with van der Waals surface area (Å²) < 4.78 is 13.5. The van der Waals surface area contributed by atoms with E-state index in [0.29, 0.717) is 5.92 Å². The van der Waals surface area contributed by atoms with Gasteiger partial charge in [0.1, 0.15) is 0 Å². The zero-order valence-electron chi connectivity index (χ0n) is 10.1. The molecule has 0 unspecified atom stereocenters. The third-order valence-electron chi connectivity index (χ3n) is 2.55. The summed E-state index contributed by atoms with van der Waals surface area (Å²) in [4.78, 5) is 7.41. The minimum Gasteiger partial charge on any atom is -0.337 e. The predicted octanol–water partition coefficient (Wildman–Crippen LogP) is 4.14. The SMILES string of the molecule is CC(C)c1ccccc1Nc1nc(Cl)ncc1F. The number of halogens is 2. The Bertz CT molecular complexity index is 558. The Morgan fingerprint density at radius 1 is 1.28 bits per heavy atom. The quantitative estimate of drug-likeness (QED) is 0.848. The van der Waals surface area contributed by atoms with E-state index < -0.39 is 5.82 Å². The molecular formula is C13H13ClFN3. The van der Waals surface area contributed by atoms with Gasteiger partial charge in [0.25, 0.3) is 0 Å². The summed E-state index contributed by atoms with van der Waals surface area (Å²) in [6.07, 6.45) is 1.05. The number of hydrogen-bond acceptors (Lipinski definition) is 3. The number of rotatable bonds is 3. The van der Waals surface area contributed by atoms with Crippen LogP contribution < -0.4 is 5.32 Å². The molecule has 0 atom stereocenters. The van der Waals surface area contributed by atoms with Crippen molar-refractivity contribution in [2.24, 2.45) is 0 Å². The van der Waals surface area contributed by atoms with E-state index in [1.165, 1.54) is 0 Å². The fourth-order valence-corrected chi connectivity index (χ4v) is 1.81. The summed E-state index contributed by atoms with van der Waals surface area (Å²) in [5.41, 5.74) is 1.91. The lowest BCUT2D eigenvalue weighted by atomic mass is 10.0. The molecule has 0 bridgehead atoms. The molecule has 0 spiro atoms. The van der Waals surface area contributed by atoms with Gasteiger partial charge in [-0.05, 0) is 29.1 Å². The highest BCUT2D eigenvalue weighted by Crippen LogP contribution is 2.27. The fourth-order valence-electron chi connectivity index (χ4n) is 1.68. The minimum absolute atomic E-state index is 0.0147. The molecule has 0 radical (unpaired) electrons. The van der Waals surface area contributed by atoms with E-state index in [-0.39, 0.29) is 11.1 Å². The number of aromatic nitrogens is 2. The smallest absolute Gasteiger partial charge is 0.224 e. The lowest BCUT2D eigenvalue weighted by Gasteiger charge is -2.14. The summed E-state index contributed by atoms with van der Waals surface area (Å²) >= 11 is 5.66. The summed E-state index contributed by atoms with van der Waals surface area (Å²) in [6.45, 7) is 4.15. The van der Waals surface area contributed by atoms with Gasteiger partial charge in [-0.25, -0.2) is 9.37 Å². The van der Waals surface area contributed by atoms with Crippen LogP contribution in [0.15, 0.2) is 30.5 Å². The van der Waals surface area contributed by atoms with E-state index in [9.17, 15) is 4.39 Å². The Morgan fingerprint density at radius 3 is 2.72 bits per heavy atom. The molecule has 0 saturated heterocycles. The van der Waals surface area contributed by atoms with Gasteiger partial charge in [-0.3, -0.25) is 0 Å². The first-order chi connectivity index (χ1) is 8.58. The van der Waals surface area contributed by atoms with Crippen LogP contribution in [0.1, 0.15) is 25.3 Å². The molecular weight excluding hydrogens is 253 g/mol. The van der Waals surface area contributed by atoms with Crippen LogP contribution in [0.4, 0.5) is 15.9 Å². The highest BCUT2D eigenvalue weighted by Gasteiger charge is 2.10. The molecule has 0 saturated carbocycles. The van der Waals surface area contributed by atoms with Crippen LogP contribution in [-0.4, -0.2) is 9.97 Å². The second-order valence-electron chi connectivity index (χ2n) is 4.20. The molecule has 1 aromatic heterocycles. The van der Waals surface area contributed by atoms with Crippen LogP contribution in [0, 0.1) is 5.82 Å². The van der Waals surface area contributed by atoms with Crippen molar-refractivity contribution in [2.45, 2.75) is 19.8 Å². The van der Waals surface area contributed by atoms with Crippen LogP contribution in [0.25, 0.3) is 0 Å². The zero-order valence-corrected chi connectivity index (χ0v) is 10.9. The molecule has 94 valence electrons. The number of hydrogen-bond donors (Lipinski definition) is 1. The van der Waals surface area contributed by atoms with Gasteiger partial charge in [0.2, 0.25) is 5.28 Å². The van der Waals surface area contributed by atoms with Gasteiger partial charge in [0.15, 0.2) is 11.6 Å². The molecule has 2 aromatic rings. The average Bonchev–Trinajstić information content (AvgIpc) is 2.34. The van der Waals surface area contributed by atoms with Crippen molar-refractivity contribution in [3.8, 4) is 0 Å². The molecule has 1 aromatic carbocycles. The van der Waals surface area contributed by atoms with Crippen molar-refractivity contribution in [2.75, 3.05) is 5.32 Å². The van der Waals surface area contributed by atoms with Crippen molar-refractivity contribution in [1.82, 2.24) is 9.97 Å². The summed E-state index contributed by atoms with van der Waals surface area (Å²) in [5.74, 6) is -0.116. The number of nitrogens with one attached hydrogen (secondary N) is 1. The normalized spacial score (nSPS) is 10.7. The molecule has 2 rings (SSSR count). The molecule has 5 heteroatoms. The second kappa shape index (κ2) is 5.31. The Morgan fingerprint density at radius 2 is 2.00 bits per heavy atom. The Kier molecular flexibility index (Phi) is 3.77. The third kappa shape index (κ3) is 2.76. The van der Waals surface area contributed by atoms with E-state index in [1.54, 1.807) is 0 Å². The van der Waals surface area contributed by atoms with Crippen molar-refractivity contribution in [3.63, 3.8) is 0 Å². The van der Waals surface area contributed by atoms with E-state index in [0.717, 1.165) is 17.4 Å². The van der Waals surface area contributed by atoms with E-state index in [2.05, 4.69) is 29.1 Å². The van der Waals surface area contributed by atoms with E-state index >= 15 is 0 Å². The zero-order chi connectivity index (χ0) is 13.1. The average molecular weight is 266 g/mol. The van der Waals surface area contributed by atoms with Crippen LogP contribution in [0.2, 0.25) is 5.28 Å². The van der Waals surface area contributed by atoms with Gasteiger partial charge in [-0.1, -0.05) is 32.0 Å². The highest BCUT2D eigenvalue weighted by molar-refractivity contribution is 6.28. The third-order valence-corrected chi connectivity index (χ3v) is 2.73. The Balaban J connectivity index is 2.37. The topological polar surface area (TPSA) is 37.8 Å². The van der Waals surface area contributed by atoms with Crippen LogP contribution in [0.3, 0.4) is 0 Å². The lowest BCUT2D eigenvalue weighted by Crippen LogP contribution is -2.02. The molecule has 1 heterocycles. The number of nitrogens with zero attached hydrogens (tertiary/aromatic N) is 2. The first kappa shape index (κ1) is 12.8. The molecule has 0 aliphatic heterocycles. The summed E-state index contributed by atoms with van der Waals surface area (Å²) in [5, 5.41) is 2.97. The maximum absolute atomic E-state index is 13.5. The standard InChI is InChI=1S/C13H13ClFN3/c1-8(2)9-5-3-4-6-11(9)17-12-10(15)7-16-13(14)18-12/h3-8H,1-2H3,(H,16,17,18). The van der Waals surface area contributed by atoms with Crippen molar-refractivity contribution >= 4 is 23.1 Å². The van der Waals surface area contributed by atoms with Gasteiger partial charge in [0, 0.05) is 5.69 Å². The van der Waals surface area contributed by atoms with Crippen LogP contribution >= 0.6 is 11.6 Å². The first-order valence-electron chi connectivity index (χ1n) is 5.62. The fraction of sp³-hybridized carbons (Fsp3) is 0.231. The summed E-state index contributed by atoms with van der Waals surface area (Å²) in [6, 6.07) is 7.71. The summed E-state index contributed by atoms with van der Waals surface area (Å²) in [7, 11) is 0. The number of anilines is 2. The van der Waals surface area contributed by atoms with Gasteiger partial charge in [-0.2, -0.15) is 4.98 Å². The Labute approximate surface area is 110 Å². The largest absolute Gasteiger partial charge is 0.337 e. The molecule has 18 heavy (non-hydrogen) atoms. The van der Waals surface area contributed by atoms with Crippen LogP contribution in [-0.2, 0) is 0 Å². The van der Waals surface area contributed by atoms with Gasteiger partial charge < -0.3 is 5.32 Å². The highest BCUT2D eigenvalue weighted by atomic mass is 35.5. The number of para-hydroxylation sites is 1. The molecule has 0 fully saturated rings. The maximum atomic E-state index is 13.5. The van der Waals surface area contributed by atoms with Gasteiger partial charge in [0.05, 0.1) is 6.20 Å². The minimum atomic E-state index is -0.530. The number of benzene rings is 1. The molecule has 3 nitrogen and oxygen atoms in total. The molecule has 0 aliphatic carbocycles. The van der Waals surface area contributed by atoms with Gasteiger partial charge in [-0.15, -0.1) is 0 Å². The van der Waals surface area contributed by atoms with Crippen LogP contribution in [0.5, 0.6) is 0 Å². The lowest BCUT2D eigenvalue weighted by molar-refractivity contribution is 0.618. The first-order valence-corrected chi connectivity index (χ1v) is 5.99. The van der Waals surface area contributed by atoms with E-state index in [1.807, 2.05) is 24.3 Å². The maximum Gasteiger partial charge on any atom is 0.224 e. The predicted molar refractivity (Wildman–Crippen MR) is 70.8 cm³/mol. The van der Waals surface area contributed by atoms with E-state index in [4.69, 9.17) is 11.6 Å².